The third-order valence-electron chi connectivity index (χ3n) is 4.96. The summed E-state index contributed by atoms with van der Waals surface area (Å²) in [7, 11) is 0. The summed E-state index contributed by atoms with van der Waals surface area (Å²) in [6, 6.07) is 18.0. The Kier molecular flexibility index (Phi) is 4.44. The Balaban J connectivity index is 1.61. The van der Waals surface area contributed by atoms with Gasteiger partial charge in [-0.2, -0.15) is 0 Å². The van der Waals surface area contributed by atoms with Crippen molar-refractivity contribution < 1.29 is 14.6 Å². The van der Waals surface area contributed by atoms with Crippen molar-refractivity contribution >= 4 is 16.9 Å². The normalized spacial score (nSPS) is 15.2. The van der Waals surface area contributed by atoms with Gasteiger partial charge in [0.2, 0.25) is 5.88 Å². The quantitative estimate of drug-likeness (QED) is 0.732. The van der Waals surface area contributed by atoms with Gasteiger partial charge in [0.25, 0.3) is 0 Å². The Hall–Kier alpha value is -3.08. The SMILES string of the molecule is O=C(O)N1CCC(c2cccnc2Oc2cccc3ccccc23)CC1. The maximum Gasteiger partial charge on any atom is 0.407 e. The smallest absolute Gasteiger partial charge is 0.407 e. The van der Waals surface area contributed by atoms with Crippen LogP contribution in [0.15, 0.2) is 60.8 Å². The van der Waals surface area contributed by atoms with Crippen molar-refractivity contribution in [1.82, 2.24) is 9.88 Å². The number of hydrogen-bond donors (Lipinski definition) is 1. The highest BCUT2D eigenvalue weighted by Gasteiger charge is 2.26. The number of rotatable bonds is 3. The number of aromatic nitrogens is 1. The van der Waals surface area contributed by atoms with Crippen molar-refractivity contribution in [3.8, 4) is 11.6 Å². The van der Waals surface area contributed by atoms with Gasteiger partial charge in [-0.25, -0.2) is 9.78 Å². The topological polar surface area (TPSA) is 62.7 Å². The summed E-state index contributed by atoms with van der Waals surface area (Å²) in [5, 5.41) is 11.3. The number of piperidine rings is 1. The molecule has 2 heterocycles. The van der Waals surface area contributed by atoms with Gasteiger partial charge in [0.15, 0.2) is 0 Å². The van der Waals surface area contributed by atoms with E-state index in [9.17, 15) is 4.79 Å². The number of fused-ring (bicyclic) bond motifs is 1. The summed E-state index contributed by atoms with van der Waals surface area (Å²) in [6.07, 6.45) is 2.45. The van der Waals surface area contributed by atoms with Crippen molar-refractivity contribution in [3.63, 3.8) is 0 Å². The summed E-state index contributed by atoms with van der Waals surface area (Å²) in [5.74, 6) is 1.65. The fourth-order valence-corrected chi connectivity index (χ4v) is 3.57. The summed E-state index contributed by atoms with van der Waals surface area (Å²) < 4.78 is 6.21. The van der Waals surface area contributed by atoms with E-state index in [0.29, 0.717) is 19.0 Å². The van der Waals surface area contributed by atoms with Gasteiger partial charge in [-0.15, -0.1) is 0 Å². The average molecular weight is 348 g/mol. The predicted molar refractivity (Wildman–Crippen MR) is 99.8 cm³/mol. The largest absolute Gasteiger partial charge is 0.465 e. The Morgan fingerprint density at radius 1 is 1.04 bits per heavy atom. The molecule has 4 rings (SSSR count). The van der Waals surface area contributed by atoms with Gasteiger partial charge in [-0.1, -0.05) is 42.5 Å². The molecule has 5 nitrogen and oxygen atoms in total. The minimum absolute atomic E-state index is 0.254. The van der Waals surface area contributed by atoms with Gasteiger partial charge in [0.05, 0.1) is 0 Å². The molecular weight excluding hydrogens is 328 g/mol. The highest BCUT2D eigenvalue weighted by Crippen LogP contribution is 2.36. The zero-order chi connectivity index (χ0) is 17.9. The molecule has 0 spiro atoms. The van der Waals surface area contributed by atoms with E-state index in [0.717, 1.165) is 34.9 Å². The molecule has 3 aromatic rings. The minimum atomic E-state index is -0.845. The van der Waals surface area contributed by atoms with Crippen LogP contribution in [0.25, 0.3) is 10.8 Å². The Bertz CT molecular complexity index is 928. The lowest BCUT2D eigenvalue weighted by atomic mass is 9.90. The van der Waals surface area contributed by atoms with Crippen LogP contribution >= 0.6 is 0 Å². The van der Waals surface area contributed by atoms with Crippen molar-refractivity contribution in [3.05, 3.63) is 66.4 Å². The first-order chi connectivity index (χ1) is 12.7. The number of likely N-dealkylation sites (tertiary alicyclic amines) is 1. The third-order valence-corrected chi connectivity index (χ3v) is 4.96. The molecule has 0 atom stereocenters. The fraction of sp³-hybridized carbons (Fsp3) is 0.238. The van der Waals surface area contributed by atoms with Crippen LogP contribution in [-0.4, -0.2) is 34.2 Å². The summed E-state index contributed by atoms with van der Waals surface area (Å²) in [5.41, 5.74) is 1.05. The van der Waals surface area contributed by atoms with E-state index in [-0.39, 0.29) is 5.92 Å². The summed E-state index contributed by atoms with van der Waals surface area (Å²) in [4.78, 5) is 17.0. The van der Waals surface area contributed by atoms with Gasteiger partial charge in [-0.05, 0) is 36.3 Å². The summed E-state index contributed by atoms with van der Waals surface area (Å²) in [6.45, 7) is 1.09. The fourth-order valence-electron chi connectivity index (χ4n) is 3.57. The second kappa shape index (κ2) is 7.04. The molecule has 132 valence electrons. The van der Waals surface area contributed by atoms with E-state index in [1.54, 1.807) is 6.20 Å². The number of carbonyl (C=O) groups is 1. The molecule has 1 fully saturated rings. The molecular formula is C21H20N2O3. The molecule has 0 bridgehead atoms. The second-order valence-electron chi connectivity index (χ2n) is 6.52. The first-order valence-corrected chi connectivity index (χ1v) is 8.81. The molecule has 0 aliphatic carbocycles. The predicted octanol–water partition coefficient (Wildman–Crippen LogP) is 4.88. The number of hydrogen-bond acceptors (Lipinski definition) is 3. The van der Waals surface area contributed by atoms with Gasteiger partial charge >= 0.3 is 6.09 Å². The second-order valence-corrected chi connectivity index (χ2v) is 6.52. The van der Waals surface area contributed by atoms with E-state index >= 15 is 0 Å². The van der Waals surface area contributed by atoms with Crippen molar-refractivity contribution in [2.45, 2.75) is 18.8 Å². The lowest BCUT2D eigenvalue weighted by Gasteiger charge is -2.30. The van der Waals surface area contributed by atoms with Crippen LogP contribution in [0.2, 0.25) is 0 Å². The Morgan fingerprint density at radius 3 is 2.62 bits per heavy atom. The molecule has 0 saturated carbocycles. The molecule has 1 saturated heterocycles. The van der Waals surface area contributed by atoms with Crippen LogP contribution in [0.5, 0.6) is 11.6 Å². The molecule has 1 aliphatic heterocycles. The maximum absolute atomic E-state index is 11.1. The number of pyridine rings is 1. The van der Waals surface area contributed by atoms with E-state index < -0.39 is 6.09 Å². The average Bonchev–Trinajstić information content (AvgIpc) is 2.69. The van der Waals surface area contributed by atoms with E-state index in [1.807, 2.05) is 42.5 Å². The van der Waals surface area contributed by atoms with Crippen molar-refractivity contribution in [2.24, 2.45) is 0 Å². The standard InChI is InChI=1S/C21H20N2O3/c24-21(25)23-13-10-16(11-14-23)18-8-4-12-22-20(18)26-19-9-3-6-15-5-1-2-7-17(15)19/h1-9,12,16H,10-11,13-14H2,(H,24,25). The molecule has 0 unspecified atom stereocenters. The zero-order valence-corrected chi connectivity index (χ0v) is 14.3. The van der Waals surface area contributed by atoms with Crippen molar-refractivity contribution in [2.75, 3.05) is 13.1 Å². The lowest BCUT2D eigenvalue weighted by Crippen LogP contribution is -2.36. The van der Waals surface area contributed by atoms with E-state index in [2.05, 4.69) is 17.1 Å². The number of ether oxygens (including phenoxy) is 1. The molecule has 1 aromatic heterocycles. The van der Waals surface area contributed by atoms with E-state index in [4.69, 9.17) is 9.84 Å². The van der Waals surface area contributed by atoms with Crippen LogP contribution in [0, 0.1) is 0 Å². The number of benzene rings is 2. The Morgan fingerprint density at radius 2 is 1.81 bits per heavy atom. The molecule has 1 aliphatic rings. The van der Waals surface area contributed by atoms with Gasteiger partial charge in [0, 0.05) is 30.2 Å². The minimum Gasteiger partial charge on any atom is -0.465 e. The third kappa shape index (κ3) is 3.20. The van der Waals surface area contributed by atoms with Crippen LogP contribution in [0.4, 0.5) is 4.79 Å². The Labute approximate surface area is 151 Å². The lowest BCUT2D eigenvalue weighted by molar-refractivity contribution is 0.132. The number of nitrogens with zero attached hydrogens (tertiary/aromatic N) is 2. The van der Waals surface area contributed by atoms with Gasteiger partial charge < -0.3 is 14.7 Å². The molecule has 5 heteroatoms. The highest BCUT2D eigenvalue weighted by molar-refractivity contribution is 5.88. The number of carboxylic acid groups (broad SMARTS) is 1. The first-order valence-electron chi connectivity index (χ1n) is 8.81. The first kappa shape index (κ1) is 16.4. The van der Waals surface area contributed by atoms with Crippen LogP contribution < -0.4 is 4.74 Å². The summed E-state index contributed by atoms with van der Waals surface area (Å²) >= 11 is 0. The molecule has 2 aromatic carbocycles. The van der Waals surface area contributed by atoms with Gasteiger partial charge in [-0.3, -0.25) is 0 Å². The van der Waals surface area contributed by atoms with Crippen LogP contribution in [-0.2, 0) is 0 Å². The number of amides is 1. The molecule has 26 heavy (non-hydrogen) atoms. The maximum atomic E-state index is 11.1. The van der Waals surface area contributed by atoms with Crippen molar-refractivity contribution in [1.29, 1.82) is 0 Å². The van der Waals surface area contributed by atoms with Crippen LogP contribution in [0.1, 0.15) is 24.3 Å². The highest BCUT2D eigenvalue weighted by atomic mass is 16.5. The molecule has 1 N–H and O–H groups in total. The molecule has 1 amide bonds. The molecule has 0 radical (unpaired) electrons. The van der Waals surface area contributed by atoms with Gasteiger partial charge in [0.1, 0.15) is 5.75 Å². The van der Waals surface area contributed by atoms with E-state index in [1.165, 1.54) is 4.90 Å². The van der Waals surface area contributed by atoms with Crippen LogP contribution in [0.3, 0.4) is 0 Å². The zero-order valence-electron chi connectivity index (χ0n) is 14.3. The monoisotopic (exact) mass is 348 g/mol.